The van der Waals surface area contributed by atoms with E-state index in [2.05, 4.69) is 5.32 Å². The average molecular weight is 332 g/mol. The topological polar surface area (TPSA) is 49.4 Å². The quantitative estimate of drug-likeness (QED) is 0.866. The third kappa shape index (κ3) is 2.85. The maximum atomic E-state index is 13.0. The molecule has 1 amide bonds. The summed E-state index contributed by atoms with van der Waals surface area (Å²) in [4.78, 5) is 27.5. The molecule has 4 rings (SSSR count). The van der Waals surface area contributed by atoms with Crippen LogP contribution in [-0.2, 0) is 4.79 Å². The number of nitrogens with one attached hydrogen (secondary N) is 1. The van der Waals surface area contributed by atoms with E-state index in [1.54, 1.807) is 0 Å². The molecule has 1 aromatic rings. The van der Waals surface area contributed by atoms with Crippen molar-refractivity contribution < 1.29 is 9.59 Å². The first kappa shape index (κ1) is 15.3. The number of rotatable bonds is 3. The van der Waals surface area contributed by atoms with Crippen molar-refractivity contribution in [1.82, 2.24) is 10.2 Å². The molecule has 2 aliphatic heterocycles. The summed E-state index contributed by atoms with van der Waals surface area (Å²) in [5, 5.41) is 7.39. The van der Waals surface area contributed by atoms with Crippen LogP contribution in [0.15, 0.2) is 16.8 Å². The molecule has 0 bridgehead atoms. The molecule has 4 atom stereocenters. The van der Waals surface area contributed by atoms with Gasteiger partial charge in [-0.3, -0.25) is 9.59 Å². The standard InChI is InChI=1S/C18H24N2O2S/c21-17(13-7-9-23-11-13)16-6-3-8-20(16)18(22)15-10-12-4-1-2-5-14(12)19-15/h7,9,11-12,14-16,19H,1-6,8,10H2/t12-,14-,15-,16-/m0/s1. The van der Waals surface area contributed by atoms with Gasteiger partial charge in [0.05, 0.1) is 12.1 Å². The van der Waals surface area contributed by atoms with Gasteiger partial charge in [0.15, 0.2) is 5.78 Å². The maximum Gasteiger partial charge on any atom is 0.240 e. The summed E-state index contributed by atoms with van der Waals surface area (Å²) in [5.41, 5.74) is 0.757. The van der Waals surface area contributed by atoms with Crippen LogP contribution in [0, 0.1) is 5.92 Å². The van der Waals surface area contributed by atoms with E-state index in [0.29, 0.717) is 12.0 Å². The molecule has 3 fully saturated rings. The summed E-state index contributed by atoms with van der Waals surface area (Å²) in [7, 11) is 0. The number of amides is 1. The third-order valence-corrected chi connectivity index (χ3v) is 6.49. The van der Waals surface area contributed by atoms with Crippen molar-refractivity contribution >= 4 is 23.0 Å². The molecular formula is C18H24N2O2S. The first-order valence-corrected chi connectivity index (χ1v) is 9.81. The molecule has 23 heavy (non-hydrogen) atoms. The van der Waals surface area contributed by atoms with E-state index >= 15 is 0 Å². The van der Waals surface area contributed by atoms with Crippen LogP contribution in [0.1, 0.15) is 55.3 Å². The SMILES string of the molecule is O=C(c1ccsc1)[C@@H]1CCCN1C(=O)[C@@H]1C[C@@H]2CCCC[C@@H]2N1. The average Bonchev–Trinajstić information content (AvgIpc) is 3.32. The maximum absolute atomic E-state index is 13.0. The number of hydrogen-bond donors (Lipinski definition) is 1. The van der Waals surface area contributed by atoms with Gasteiger partial charge in [0.1, 0.15) is 0 Å². The van der Waals surface area contributed by atoms with Gasteiger partial charge in [-0.15, -0.1) is 0 Å². The molecule has 0 aromatic carbocycles. The van der Waals surface area contributed by atoms with Crippen LogP contribution in [0.2, 0.25) is 0 Å². The van der Waals surface area contributed by atoms with Crippen molar-refractivity contribution in [3.63, 3.8) is 0 Å². The monoisotopic (exact) mass is 332 g/mol. The fourth-order valence-corrected chi connectivity index (χ4v) is 5.26. The molecule has 3 heterocycles. The Hall–Kier alpha value is -1.20. The zero-order valence-electron chi connectivity index (χ0n) is 13.4. The van der Waals surface area contributed by atoms with Gasteiger partial charge in [0, 0.05) is 23.5 Å². The van der Waals surface area contributed by atoms with Gasteiger partial charge in [-0.2, -0.15) is 11.3 Å². The second kappa shape index (κ2) is 6.36. The normalized spacial score (nSPS) is 33.7. The van der Waals surface area contributed by atoms with Gasteiger partial charge in [-0.05, 0) is 49.5 Å². The highest BCUT2D eigenvalue weighted by atomic mass is 32.1. The number of fused-ring (bicyclic) bond motifs is 1. The van der Waals surface area contributed by atoms with Gasteiger partial charge in [0.2, 0.25) is 5.91 Å². The van der Waals surface area contributed by atoms with Crippen LogP contribution in [-0.4, -0.2) is 41.3 Å². The number of likely N-dealkylation sites (tertiary alicyclic amines) is 1. The number of nitrogens with zero attached hydrogens (tertiary/aromatic N) is 1. The molecule has 0 unspecified atom stereocenters. The summed E-state index contributed by atoms with van der Waals surface area (Å²) in [5.74, 6) is 0.935. The van der Waals surface area contributed by atoms with Gasteiger partial charge in [0.25, 0.3) is 0 Å². The molecule has 0 spiro atoms. The van der Waals surface area contributed by atoms with E-state index in [-0.39, 0.29) is 23.8 Å². The van der Waals surface area contributed by atoms with Gasteiger partial charge < -0.3 is 10.2 Å². The Kier molecular flexibility index (Phi) is 4.24. The van der Waals surface area contributed by atoms with Crippen molar-refractivity contribution in [2.45, 2.75) is 63.1 Å². The molecule has 2 saturated heterocycles. The second-order valence-electron chi connectivity index (χ2n) is 7.17. The minimum Gasteiger partial charge on any atom is -0.331 e. The highest BCUT2D eigenvalue weighted by Crippen LogP contribution is 2.34. The zero-order valence-corrected chi connectivity index (χ0v) is 14.2. The van der Waals surface area contributed by atoms with Crippen molar-refractivity contribution in [2.75, 3.05) is 6.54 Å². The summed E-state index contributed by atoms with van der Waals surface area (Å²) < 4.78 is 0. The Morgan fingerprint density at radius 2 is 2.04 bits per heavy atom. The number of carbonyl (C=O) groups excluding carboxylic acids is 2. The lowest BCUT2D eigenvalue weighted by Gasteiger charge is -2.27. The molecule has 124 valence electrons. The number of hydrogen-bond acceptors (Lipinski definition) is 4. The van der Waals surface area contributed by atoms with E-state index in [1.807, 2.05) is 21.7 Å². The number of ketones is 1. The minimum absolute atomic E-state index is 0.0704. The van der Waals surface area contributed by atoms with Gasteiger partial charge in [-0.25, -0.2) is 0 Å². The van der Waals surface area contributed by atoms with Crippen LogP contribution in [0.4, 0.5) is 0 Å². The lowest BCUT2D eigenvalue weighted by molar-refractivity contribution is -0.133. The summed E-state index contributed by atoms with van der Waals surface area (Å²) in [6.45, 7) is 0.729. The van der Waals surface area contributed by atoms with Crippen molar-refractivity contribution in [3.8, 4) is 0 Å². The summed E-state index contributed by atoms with van der Waals surface area (Å²) >= 11 is 1.54. The van der Waals surface area contributed by atoms with Crippen LogP contribution < -0.4 is 5.32 Å². The molecule has 5 heteroatoms. The first-order chi connectivity index (χ1) is 11.2. The Morgan fingerprint density at radius 3 is 2.83 bits per heavy atom. The smallest absolute Gasteiger partial charge is 0.240 e. The predicted molar refractivity (Wildman–Crippen MR) is 90.7 cm³/mol. The molecule has 3 aliphatic rings. The predicted octanol–water partition coefficient (Wildman–Crippen LogP) is 2.84. The number of Topliss-reactive ketones (excluding diaryl/α,β-unsaturated/α-hetero) is 1. The molecule has 0 radical (unpaired) electrons. The Morgan fingerprint density at radius 1 is 1.17 bits per heavy atom. The Bertz CT molecular complexity index is 572. The van der Waals surface area contributed by atoms with Crippen LogP contribution in [0.25, 0.3) is 0 Å². The highest BCUT2D eigenvalue weighted by Gasteiger charge is 2.43. The Balaban J connectivity index is 1.46. The van der Waals surface area contributed by atoms with Crippen molar-refractivity contribution in [3.05, 3.63) is 22.4 Å². The number of carbonyl (C=O) groups is 2. The number of thiophene rings is 1. The van der Waals surface area contributed by atoms with Crippen molar-refractivity contribution in [2.24, 2.45) is 5.92 Å². The van der Waals surface area contributed by atoms with E-state index < -0.39 is 0 Å². The van der Waals surface area contributed by atoms with E-state index in [4.69, 9.17) is 0 Å². The lowest BCUT2D eigenvalue weighted by Crippen LogP contribution is -2.49. The van der Waals surface area contributed by atoms with Crippen LogP contribution >= 0.6 is 11.3 Å². The van der Waals surface area contributed by atoms with Crippen molar-refractivity contribution in [1.29, 1.82) is 0 Å². The van der Waals surface area contributed by atoms with E-state index in [9.17, 15) is 9.59 Å². The second-order valence-corrected chi connectivity index (χ2v) is 7.95. The molecule has 4 nitrogen and oxygen atoms in total. The summed E-state index contributed by atoms with van der Waals surface area (Å²) in [6, 6.07) is 2.07. The minimum atomic E-state index is -0.249. The fourth-order valence-electron chi connectivity index (χ4n) is 4.61. The molecule has 1 aromatic heterocycles. The fraction of sp³-hybridized carbons (Fsp3) is 0.667. The molecular weight excluding hydrogens is 308 g/mol. The molecule has 1 aliphatic carbocycles. The van der Waals surface area contributed by atoms with E-state index in [0.717, 1.165) is 31.4 Å². The Labute approximate surface area is 141 Å². The highest BCUT2D eigenvalue weighted by molar-refractivity contribution is 7.08. The van der Waals surface area contributed by atoms with Crippen LogP contribution in [0.3, 0.4) is 0 Å². The lowest BCUT2D eigenvalue weighted by atomic mass is 9.85. The molecule has 1 saturated carbocycles. The van der Waals surface area contributed by atoms with Crippen LogP contribution in [0.5, 0.6) is 0 Å². The third-order valence-electron chi connectivity index (χ3n) is 5.81. The largest absolute Gasteiger partial charge is 0.331 e. The summed E-state index contributed by atoms with van der Waals surface area (Å²) in [6.07, 6.45) is 7.72. The zero-order chi connectivity index (χ0) is 15.8. The van der Waals surface area contributed by atoms with E-state index in [1.165, 1.54) is 37.0 Å². The molecule has 1 N–H and O–H groups in total. The van der Waals surface area contributed by atoms with Gasteiger partial charge in [-0.1, -0.05) is 12.8 Å². The first-order valence-electron chi connectivity index (χ1n) is 8.87. The van der Waals surface area contributed by atoms with Gasteiger partial charge >= 0.3 is 0 Å².